The van der Waals surface area contributed by atoms with Gasteiger partial charge in [0.05, 0.1) is 5.41 Å². The molecule has 96 valence electrons. The van der Waals surface area contributed by atoms with Gasteiger partial charge in [0.15, 0.2) is 0 Å². The summed E-state index contributed by atoms with van der Waals surface area (Å²) < 4.78 is 13.6. The molecule has 18 heavy (non-hydrogen) atoms. The second-order valence-electron chi connectivity index (χ2n) is 5.45. The van der Waals surface area contributed by atoms with Crippen molar-refractivity contribution in [3.8, 4) is 0 Å². The number of carbonyl (C=O) groups is 1. The Morgan fingerprint density at radius 1 is 1.50 bits per heavy atom. The largest absolute Gasteiger partial charge is 0.481 e. The van der Waals surface area contributed by atoms with Crippen molar-refractivity contribution in [3.05, 3.63) is 35.6 Å². The molecule has 0 spiro atoms. The summed E-state index contributed by atoms with van der Waals surface area (Å²) in [5.41, 5.74) is 0.112. The summed E-state index contributed by atoms with van der Waals surface area (Å²) >= 11 is 0. The number of carboxylic acid groups (broad SMARTS) is 1. The fraction of sp³-hybridized carbons (Fsp3) is 0.500. The molecular formula is C14H16FNO2. The average molecular weight is 249 g/mol. The van der Waals surface area contributed by atoms with E-state index in [4.69, 9.17) is 0 Å². The molecule has 2 unspecified atom stereocenters. The van der Waals surface area contributed by atoms with Crippen LogP contribution in [0.1, 0.15) is 18.4 Å². The zero-order chi connectivity index (χ0) is 12.8. The van der Waals surface area contributed by atoms with Crippen LogP contribution in [0.4, 0.5) is 4.39 Å². The molecule has 4 heteroatoms. The number of rotatable bonds is 3. The highest BCUT2D eigenvalue weighted by atomic mass is 19.1. The third kappa shape index (κ3) is 1.81. The number of nitrogens with zero attached hydrogens (tertiary/aromatic N) is 1. The number of halogens is 1. The van der Waals surface area contributed by atoms with Gasteiger partial charge in [-0.2, -0.15) is 0 Å². The number of carboxylic acids is 1. The van der Waals surface area contributed by atoms with Crippen LogP contribution in [0.15, 0.2) is 24.3 Å². The van der Waals surface area contributed by atoms with Crippen molar-refractivity contribution in [1.82, 2.24) is 4.90 Å². The predicted molar refractivity (Wildman–Crippen MR) is 64.5 cm³/mol. The first-order chi connectivity index (χ1) is 8.62. The number of hydrogen-bond donors (Lipinski definition) is 1. The number of fused-ring (bicyclic) bond motifs is 1. The minimum atomic E-state index is -0.689. The first-order valence-electron chi connectivity index (χ1n) is 6.31. The quantitative estimate of drug-likeness (QED) is 0.892. The van der Waals surface area contributed by atoms with Crippen molar-refractivity contribution in [2.45, 2.75) is 19.4 Å². The molecule has 1 aromatic rings. The lowest BCUT2D eigenvalue weighted by molar-refractivity contribution is -0.145. The lowest BCUT2D eigenvalue weighted by Crippen LogP contribution is -2.40. The molecule has 1 heterocycles. The minimum absolute atomic E-state index is 0.209. The SMILES string of the molecule is O=C(O)C12CC1CCN(Cc1ccccc1F)C2. The van der Waals surface area contributed by atoms with E-state index in [0.717, 1.165) is 19.4 Å². The maximum absolute atomic E-state index is 13.6. The molecule has 1 saturated heterocycles. The smallest absolute Gasteiger partial charge is 0.311 e. The molecular weight excluding hydrogens is 233 g/mol. The van der Waals surface area contributed by atoms with Crippen LogP contribution in [-0.2, 0) is 11.3 Å². The monoisotopic (exact) mass is 249 g/mol. The Kier molecular flexibility index (Phi) is 2.63. The Labute approximate surface area is 105 Å². The van der Waals surface area contributed by atoms with Gasteiger partial charge in [0, 0.05) is 18.7 Å². The van der Waals surface area contributed by atoms with Gasteiger partial charge < -0.3 is 5.11 Å². The topological polar surface area (TPSA) is 40.5 Å². The Morgan fingerprint density at radius 2 is 2.28 bits per heavy atom. The molecule has 0 bridgehead atoms. The van der Waals surface area contributed by atoms with Gasteiger partial charge in [-0.3, -0.25) is 9.69 Å². The summed E-state index contributed by atoms with van der Waals surface area (Å²) in [6.45, 7) is 1.93. The predicted octanol–water partition coefficient (Wildman–Crippen LogP) is 2.12. The Bertz CT molecular complexity index is 490. The maximum Gasteiger partial charge on any atom is 0.311 e. The summed E-state index contributed by atoms with van der Waals surface area (Å²) in [5.74, 6) is -0.558. The van der Waals surface area contributed by atoms with E-state index in [9.17, 15) is 14.3 Å². The van der Waals surface area contributed by atoms with Crippen LogP contribution in [-0.4, -0.2) is 29.1 Å². The summed E-state index contributed by atoms with van der Waals surface area (Å²) in [4.78, 5) is 13.3. The van der Waals surface area contributed by atoms with Gasteiger partial charge in [0.2, 0.25) is 0 Å². The number of piperidine rings is 1. The molecule has 3 rings (SSSR count). The van der Waals surface area contributed by atoms with E-state index in [1.54, 1.807) is 12.1 Å². The van der Waals surface area contributed by atoms with E-state index in [2.05, 4.69) is 4.90 Å². The summed E-state index contributed by atoms with van der Waals surface area (Å²) in [7, 11) is 0. The van der Waals surface area contributed by atoms with E-state index in [1.807, 2.05) is 6.07 Å². The molecule has 3 nitrogen and oxygen atoms in total. The zero-order valence-electron chi connectivity index (χ0n) is 10.1. The van der Waals surface area contributed by atoms with Crippen molar-refractivity contribution in [2.24, 2.45) is 11.3 Å². The van der Waals surface area contributed by atoms with Crippen molar-refractivity contribution < 1.29 is 14.3 Å². The van der Waals surface area contributed by atoms with E-state index >= 15 is 0 Å². The van der Waals surface area contributed by atoms with Crippen LogP contribution < -0.4 is 0 Å². The van der Waals surface area contributed by atoms with Crippen molar-refractivity contribution in [3.63, 3.8) is 0 Å². The van der Waals surface area contributed by atoms with Crippen LogP contribution in [0, 0.1) is 17.2 Å². The minimum Gasteiger partial charge on any atom is -0.481 e. The van der Waals surface area contributed by atoms with Gasteiger partial charge in [0.1, 0.15) is 5.82 Å². The van der Waals surface area contributed by atoms with E-state index in [1.165, 1.54) is 6.07 Å². The molecule has 1 N–H and O–H groups in total. The third-order valence-corrected chi connectivity index (χ3v) is 4.31. The highest BCUT2D eigenvalue weighted by Crippen LogP contribution is 2.57. The number of aliphatic carboxylic acids is 1. The van der Waals surface area contributed by atoms with Crippen LogP contribution >= 0.6 is 0 Å². The van der Waals surface area contributed by atoms with E-state index in [-0.39, 0.29) is 5.82 Å². The molecule has 1 aliphatic heterocycles. The third-order valence-electron chi connectivity index (χ3n) is 4.31. The van der Waals surface area contributed by atoms with Crippen molar-refractivity contribution in [1.29, 1.82) is 0 Å². The fourth-order valence-corrected chi connectivity index (χ4v) is 3.10. The number of hydrogen-bond acceptors (Lipinski definition) is 2. The van der Waals surface area contributed by atoms with Gasteiger partial charge in [-0.25, -0.2) is 4.39 Å². The summed E-state index contributed by atoms with van der Waals surface area (Å²) in [6, 6.07) is 6.70. The highest BCUT2D eigenvalue weighted by molar-refractivity contribution is 5.79. The molecule has 0 amide bonds. The van der Waals surface area contributed by atoms with E-state index < -0.39 is 11.4 Å². The molecule has 1 aromatic carbocycles. The Hall–Kier alpha value is -1.42. The first kappa shape index (κ1) is 11.7. The standard InChI is InChI=1S/C14H16FNO2/c15-12-4-2-1-3-10(12)8-16-6-5-11-7-14(11,9-16)13(17)18/h1-4,11H,5-9H2,(H,17,18). The molecule has 2 atom stereocenters. The van der Waals surface area contributed by atoms with Gasteiger partial charge in [0.25, 0.3) is 0 Å². The molecule has 2 aliphatic rings. The molecule has 2 fully saturated rings. The molecule has 0 radical (unpaired) electrons. The van der Waals surface area contributed by atoms with Gasteiger partial charge in [-0.05, 0) is 31.4 Å². The normalized spacial score (nSPS) is 30.8. The second-order valence-corrected chi connectivity index (χ2v) is 5.45. The number of likely N-dealkylation sites (tertiary alicyclic amines) is 1. The maximum atomic E-state index is 13.6. The van der Waals surface area contributed by atoms with Gasteiger partial charge in [-0.15, -0.1) is 0 Å². The number of benzene rings is 1. The second kappa shape index (κ2) is 4.05. The zero-order valence-corrected chi connectivity index (χ0v) is 10.1. The van der Waals surface area contributed by atoms with E-state index in [0.29, 0.717) is 24.6 Å². The van der Waals surface area contributed by atoms with Crippen molar-refractivity contribution in [2.75, 3.05) is 13.1 Å². The van der Waals surface area contributed by atoms with Gasteiger partial charge in [-0.1, -0.05) is 18.2 Å². The fourth-order valence-electron chi connectivity index (χ4n) is 3.10. The molecule has 1 saturated carbocycles. The van der Waals surface area contributed by atoms with Crippen LogP contribution in [0.5, 0.6) is 0 Å². The molecule has 0 aromatic heterocycles. The van der Waals surface area contributed by atoms with Gasteiger partial charge >= 0.3 is 5.97 Å². The summed E-state index contributed by atoms with van der Waals surface area (Å²) in [6.07, 6.45) is 1.71. The lowest BCUT2D eigenvalue weighted by Gasteiger charge is -2.30. The summed E-state index contributed by atoms with van der Waals surface area (Å²) in [5, 5.41) is 9.28. The lowest BCUT2D eigenvalue weighted by atomic mass is 9.97. The Balaban J connectivity index is 1.71. The first-order valence-corrected chi connectivity index (χ1v) is 6.31. The van der Waals surface area contributed by atoms with Crippen LogP contribution in [0.2, 0.25) is 0 Å². The highest BCUT2D eigenvalue weighted by Gasteiger charge is 2.62. The molecule has 1 aliphatic carbocycles. The average Bonchev–Trinajstić information content (AvgIpc) is 3.07. The van der Waals surface area contributed by atoms with Crippen LogP contribution in [0.25, 0.3) is 0 Å². The van der Waals surface area contributed by atoms with Crippen LogP contribution in [0.3, 0.4) is 0 Å². The van der Waals surface area contributed by atoms with Crippen molar-refractivity contribution >= 4 is 5.97 Å². The Morgan fingerprint density at radius 3 is 3.00 bits per heavy atom.